The normalized spacial score (nSPS) is 14.3. The molecule has 0 aliphatic carbocycles. The molecule has 1 fully saturated rings. The zero-order valence-corrected chi connectivity index (χ0v) is 11.9. The molecule has 0 spiro atoms. The Morgan fingerprint density at radius 2 is 2.00 bits per heavy atom. The van der Waals surface area contributed by atoms with E-state index in [1.54, 1.807) is 0 Å². The number of carbonyl (C=O) groups is 2. The molecule has 0 unspecified atom stereocenters. The van der Waals surface area contributed by atoms with E-state index in [0.717, 1.165) is 12.1 Å². The van der Waals surface area contributed by atoms with Crippen LogP contribution in [-0.4, -0.2) is 39.8 Å². The van der Waals surface area contributed by atoms with Crippen LogP contribution in [0.25, 0.3) is 0 Å². The van der Waals surface area contributed by atoms with E-state index < -0.39 is 23.5 Å². The second-order valence-corrected chi connectivity index (χ2v) is 5.11. The van der Waals surface area contributed by atoms with Gasteiger partial charge in [0.2, 0.25) is 5.91 Å². The van der Waals surface area contributed by atoms with Crippen molar-refractivity contribution in [3.63, 3.8) is 0 Å². The number of nitrogens with zero attached hydrogens (tertiary/aromatic N) is 3. The standard InChI is InChI=1S/C15H12F2N4O2/c16-10-1-2-12(11(17)5-10)20-14(22)9-7-21(8-9)15(23)13-6-18-3-4-19-13/h1-6,9H,7-8H2,(H,20,22). The minimum absolute atomic E-state index is 0.0879. The summed E-state index contributed by atoms with van der Waals surface area (Å²) >= 11 is 0. The molecule has 2 heterocycles. The first kappa shape index (κ1) is 15.0. The van der Waals surface area contributed by atoms with Gasteiger partial charge in [-0.25, -0.2) is 13.8 Å². The van der Waals surface area contributed by atoms with Gasteiger partial charge in [-0.3, -0.25) is 14.6 Å². The van der Waals surface area contributed by atoms with Crippen LogP contribution >= 0.6 is 0 Å². The van der Waals surface area contributed by atoms with Gasteiger partial charge in [0.1, 0.15) is 17.3 Å². The van der Waals surface area contributed by atoms with Gasteiger partial charge in [-0.05, 0) is 12.1 Å². The number of hydrogen-bond acceptors (Lipinski definition) is 4. The lowest BCUT2D eigenvalue weighted by Crippen LogP contribution is -2.54. The molecule has 1 aromatic carbocycles. The molecule has 23 heavy (non-hydrogen) atoms. The second kappa shape index (κ2) is 6.07. The molecule has 1 N–H and O–H groups in total. The van der Waals surface area contributed by atoms with Crippen molar-refractivity contribution in [2.24, 2.45) is 5.92 Å². The second-order valence-electron chi connectivity index (χ2n) is 5.11. The molecule has 3 rings (SSSR count). The van der Waals surface area contributed by atoms with Gasteiger partial charge in [0.05, 0.1) is 17.8 Å². The summed E-state index contributed by atoms with van der Waals surface area (Å²) in [5.41, 5.74) is 0.117. The average Bonchev–Trinajstić information content (AvgIpc) is 2.49. The van der Waals surface area contributed by atoms with E-state index in [9.17, 15) is 18.4 Å². The van der Waals surface area contributed by atoms with E-state index in [1.807, 2.05) is 0 Å². The minimum atomic E-state index is -0.842. The number of halogens is 2. The SMILES string of the molecule is O=C(Nc1ccc(F)cc1F)C1CN(C(=O)c2cnccn2)C1. The summed E-state index contributed by atoms with van der Waals surface area (Å²) < 4.78 is 26.3. The van der Waals surface area contributed by atoms with Gasteiger partial charge >= 0.3 is 0 Å². The van der Waals surface area contributed by atoms with E-state index in [1.165, 1.54) is 23.5 Å². The Kier molecular flexibility index (Phi) is 3.96. The zero-order chi connectivity index (χ0) is 16.4. The van der Waals surface area contributed by atoms with Gasteiger partial charge in [-0.1, -0.05) is 0 Å². The van der Waals surface area contributed by atoms with Crippen LogP contribution in [0.3, 0.4) is 0 Å². The van der Waals surface area contributed by atoms with Crippen LogP contribution < -0.4 is 5.32 Å². The molecule has 1 aromatic heterocycles. The molecule has 8 heteroatoms. The van der Waals surface area contributed by atoms with E-state index in [2.05, 4.69) is 15.3 Å². The number of rotatable bonds is 3. The molecule has 1 aliphatic rings. The molecule has 2 aromatic rings. The molecule has 2 amide bonds. The first-order valence-electron chi connectivity index (χ1n) is 6.86. The number of aromatic nitrogens is 2. The quantitative estimate of drug-likeness (QED) is 0.930. The number of anilines is 1. The Morgan fingerprint density at radius 3 is 2.65 bits per heavy atom. The fourth-order valence-corrected chi connectivity index (χ4v) is 2.21. The van der Waals surface area contributed by atoms with Gasteiger partial charge in [-0.15, -0.1) is 0 Å². The highest BCUT2D eigenvalue weighted by atomic mass is 19.1. The summed E-state index contributed by atoms with van der Waals surface area (Å²) in [5.74, 6) is -2.73. The van der Waals surface area contributed by atoms with Crippen LogP contribution in [0.15, 0.2) is 36.8 Å². The van der Waals surface area contributed by atoms with Crippen molar-refractivity contribution in [3.05, 3.63) is 54.1 Å². The molecular weight excluding hydrogens is 306 g/mol. The molecule has 1 saturated heterocycles. The minimum Gasteiger partial charge on any atom is -0.336 e. The monoisotopic (exact) mass is 318 g/mol. The summed E-state index contributed by atoms with van der Waals surface area (Å²) in [6, 6.07) is 2.91. The number of nitrogens with one attached hydrogen (secondary N) is 1. The van der Waals surface area contributed by atoms with Crippen LogP contribution in [0.5, 0.6) is 0 Å². The van der Waals surface area contributed by atoms with E-state index in [-0.39, 0.29) is 30.4 Å². The lowest BCUT2D eigenvalue weighted by Gasteiger charge is -2.37. The maximum absolute atomic E-state index is 13.5. The first-order valence-corrected chi connectivity index (χ1v) is 6.86. The molecule has 0 atom stereocenters. The Labute approximate surface area is 130 Å². The van der Waals surface area contributed by atoms with Crippen molar-refractivity contribution in [3.8, 4) is 0 Å². The summed E-state index contributed by atoms with van der Waals surface area (Å²) in [6.45, 7) is 0.425. The number of benzene rings is 1. The lowest BCUT2D eigenvalue weighted by molar-refractivity contribution is -0.123. The molecule has 0 bridgehead atoms. The summed E-state index contributed by atoms with van der Waals surface area (Å²) in [7, 11) is 0. The predicted octanol–water partition coefficient (Wildman–Crippen LogP) is 1.47. The molecule has 0 saturated carbocycles. The van der Waals surface area contributed by atoms with Crippen LogP contribution in [0.4, 0.5) is 14.5 Å². The average molecular weight is 318 g/mol. The van der Waals surface area contributed by atoms with E-state index in [0.29, 0.717) is 6.07 Å². The summed E-state index contributed by atoms with van der Waals surface area (Å²) in [4.78, 5) is 33.2. The third-order valence-electron chi connectivity index (χ3n) is 3.51. The van der Waals surface area contributed by atoms with Crippen LogP contribution in [0.2, 0.25) is 0 Å². The largest absolute Gasteiger partial charge is 0.336 e. The topological polar surface area (TPSA) is 75.2 Å². The Bertz CT molecular complexity index is 748. The van der Waals surface area contributed by atoms with E-state index in [4.69, 9.17) is 0 Å². The van der Waals surface area contributed by atoms with Crippen molar-refractivity contribution in [1.82, 2.24) is 14.9 Å². The first-order chi connectivity index (χ1) is 11.0. The Morgan fingerprint density at radius 1 is 1.22 bits per heavy atom. The highest BCUT2D eigenvalue weighted by Gasteiger charge is 2.36. The lowest BCUT2D eigenvalue weighted by atomic mass is 9.98. The van der Waals surface area contributed by atoms with Crippen molar-refractivity contribution >= 4 is 17.5 Å². The molecule has 1 aliphatic heterocycles. The van der Waals surface area contributed by atoms with Gasteiger partial charge < -0.3 is 10.2 Å². The third kappa shape index (κ3) is 3.15. The predicted molar refractivity (Wildman–Crippen MR) is 76.4 cm³/mol. The molecule has 118 valence electrons. The van der Waals surface area contributed by atoms with Crippen molar-refractivity contribution < 1.29 is 18.4 Å². The number of likely N-dealkylation sites (tertiary alicyclic amines) is 1. The molecule has 0 radical (unpaired) electrons. The maximum atomic E-state index is 13.5. The van der Waals surface area contributed by atoms with Crippen LogP contribution in [0, 0.1) is 17.6 Å². The highest BCUT2D eigenvalue weighted by Crippen LogP contribution is 2.21. The van der Waals surface area contributed by atoms with Gasteiger partial charge in [0, 0.05) is 31.5 Å². The third-order valence-corrected chi connectivity index (χ3v) is 3.51. The van der Waals surface area contributed by atoms with Gasteiger partial charge in [0.15, 0.2) is 0 Å². The zero-order valence-electron chi connectivity index (χ0n) is 11.9. The van der Waals surface area contributed by atoms with Crippen molar-refractivity contribution in [2.75, 3.05) is 18.4 Å². The molecule has 6 nitrogen and oxygen atoms in total. The smallest absolute Gasteiger partial charge is 0.274 e. The summed E-state index contributed by atoms with van der Waals surface area (Å²) in [6.07, 6.45) is 4.22. The van der Waals surface area contributed by atoms with E-state index >= 15 is 0 Å². The maximum Gasteiger partial charge on any atom is 0.274 e. The molecular formula is C15H12F2N4O2. The van der Waals surface area contributed by atoms with Crippen LogP contribution in [-0.2, 0) is 4.79 Å². The summed E-state index contributed by atoms with van der Waals surface area (Å²) in [5, 5.41) is 2.39. The van der Waals surface area contributed by atoms with Crippen molar-refractivity contribution in [1.29, 1.82) is 0 Å². The Balaban J connectivity index is 1.57. The highest BCUT2D eigenvalue weighted by molar-refractivity contribution is 5.97. The van der Waals surface area contributed by atoms with Gasteiger partial charge in [-0.2, -0.15) is 0 Å². The fraction of sp³-hybridized carbons (Fsp3) is 0.200. The van der Waals surface area contributed by atoms with Crippen molar-refractivity contribution in [2.45, 2.75) is 0 Å². The number of amides is 2. The number of hydrogen-bond donors (Lipinski definition) is 1. The number of carbonyl (C=O) groups excluding carboxylic acids is 2. The van der Waals surface area contributed by atoms with Crippen LogP contribution in [0.1, 0.15) is 10.5 Å². The van der Waals surface area contributed by atoms with Gasteiger partial charge in [0.25, 0.3) is 5.91 Å². The fourth-order valence-electron chi connectivity index (χ4n) is 2.21. The Hall–Kier alpha value is -2.90.